The Balaban J connectivity index is 1.87. The molecule has 0 bridgehead atoms. The van der Waals surface area contributed by atoms with Gasteiger partial charge in [-0.3, -0.25) is 4.79 Å². The smallest absolute Gasteiger partial charge is 0.348 e. The van der Waals surface area contributed by atoms with Gasteiger partial charge in [0.05, 0.1) is 5.56 Å². The van der Waals surface area contributed by atoms with Gasteiger partial charge in [0.15, 0.2) is 0 Å². The van der Waals surface area contributed by atoms with E-state index in [1.165, 1.54) is 25.3 Å². The van der Waals surface area contributed by atoms with Crippen molar-refractivity contribution in [2.45, 2.75) is 44.9 Å². The van der Waals surface area contributed by atoms with E-state index in [2.05, 4.69) is 10.6 Å². The van der Waals surface area contributed by atoms with Gasteiger partial charge in [0.25, 0.3) is 5.91 Å². The number of halogens is 3. The summed E-state index contributed by atoms with van der Waals surface area (Å²) in [7, 11) is 0. The maximum Gasteiger partial charge on any atom is 0.416 e. The van der Waals surface area contributed by atoms with Gasteiger partial charge in [-0.1, -0.05) is 6.42 Å². The van der Waals surface area contributed by atoms with Crippen LogP contribution in [0.1, 0.15) is 59.3 Å². The molecule has 1 heterocycles. The minimum Gasteiger partial charge on any atom is -0.348 e. The highest BCUT2D eigenvalue weighted by Crippen LogP contribution is 2.37. The van der Waals surface area contributed by atoms with Crippen molar-refractivity contribution in [3.05, 3.63) is 34.4 Å². The molecule has 1 aromatic rings. The molecule has 0 saturated heterocycles. The predicted octanol–water partition coefficient (Wildman–Crippen LogP) is 3.40. The SMILES string of the molecule is C[C@H](NCC1CCC1)c1cc2c(c(C(F)(F)F)c1)CNC2=O. The summed E-state index contributed by atoms with van der Waals surface area (Å²) in [6, 6.07) is 2.56. The topological polar surface area (TPSA) is 41.1 Å². The first-order chi connectivity index (χ1) is 10.4. The van der Waals surface area contributed by atoms with Gasteiger partial charge in [-0.2, -0.15) is 13.2 Å². The Morgan fingerprint density at radius 3 is 2.68 bits per heavy atom. The van der Waals surface area contributed by atoms with Crippen molar-refractivity contribution in [2.75, 3.05) is 6.54 Å². The van der Waals surface area contributed by atoms with Crippen LogP contribution in [0.15, 0.2) is 12.1 Å². The van der Waals surface area contributed by atoms with E-state index in [0.29, 0.717) is 11.5 Å². The third-order valence-electron chi connectivity index (χ3n) is 4.69. The van der Waals surface area contributed by atoms with E-state index in [4.69, 9.17) is 0 Å². The molecule has 1 saturated carbocycles. The van der Waals surface area contributed by atoms with Gasteiger partial charge in [-0.05, 0) is 55.5 Å². The average Bonchev–Trinajstić information content (AvgIpc) is 2.76. The first-order valence-corrected chi connectivity index (χ1v) is 7.62. The van der Waals surface area contributed by atoms with E-state index < -0.39 is 17.6 Å². The summed E-state index contributed by atoms with van der Waals surface area (Å²) in [5, 5.41) is 5.76. The summed E-state index contributed by atoms with van der Waals surface area (Å²) in [5.41, 5.74) is 0.0349. The number of rotatable bonds is 4. The molecule has 120 valence electrons. The van der Waals surface area contributed by atoms with Crippen LogP contribution in [0.4, 0.5) is 13.2 Å². The zero-order valence-corrected chi connectivity index (χ0v) is 12.4. The van der Waals surface area contributed by atoms with Gasteiger partial charge in [0, 0.05) is 18.2 Å². The van der Waals surface area contributed by atoms with Crippen LogP contribution in [-0.4, -0.2) is 12.5 Å². The van der Waals surface area contributed by atoms with Gasteiger partial charge in [0.1, 0.15) is 0 Å². The van der Waals surface area contributed by atoms with Crippen molar-refractivity contribution < 1.29 is 18.0 Å². The van der Waals surface area contributed by atoms with E-state index >= 15 is 0 Å². The van der Waals surface area contributed by atoms with Gasteiger partial charge >= 0.3 is 6.18 Å². The molecular formula is C16H19F3N2O. The number of benzene rings is 1. The number of hydrogen-bond donors (Lipinski definition) is 2. The first kappa shape index (κ1) is 15.3. The highest BCUT2D eigenvalue weighted by molar-refractivity contribution is 5.99. The van der Waals surface area contributed by atoms with Crippen molar-refractivity contribution in [1.82, 2.24) is 10.6 Å². The molecular weight excluding hydrogens is 293 g/mol. The van der Waals surface area contributed by atoms with Crippen molar-refractivity contribution >= 4 is 5.91 Å². The minimum absolute atomic E-state index is 0.0484. The third kappa shape index (κ3) is 2.84. The Kier molecular flexibility index (Phi) is 3.89. The number of carbonyl (C=O) groups excluding carboxylic acids is 1. The van der Waals surface area contributed by atoms with Crippen LogP contribution in [0.2, 0.25) is 0 Å². The molecule has 1 atom stereocenters. The molecule has 0 radical (unpaired) electrons. The zero-order chi connectivity index (χ0) is 15.9. The highest BCUT2D eigenvalue weighted by atomic mass is 19.4. The standard InChI is InChI=1S/C16H19F3N2O/c1-9(20-7-10-3-2-4-10)11-5-12-13(8-21-15(12)22)14(6-11)16(17,18)19/h5-6,9-10,20H,2-4,7-8H2,1H3,(H,21,22)/t9-/m0/s1. The van der Waals surface area contributed by atoms with Crippen LogP contribution in [0, 0.1) is 5.92 Å². The predicted molar refractivity (Wildman–Crippen MR) is 76.4 cm³/mol. The molecule has 1 aliphatic carbocycles. The number of alkyl halides is 3. The number of fused-ring (bicyclic) bond motifs is 1. The molecule has 0 unspecified atom stereocenters. The third-order valence-corrected chi connectivity index (χ3v) is 4.69. The molecule has 1 amide bonds. The van der Waals surface area contributed by atoms with Crippen LogP contribution in [0.5, 0.6) is 0 Å². The largest absolute Gasteiger partial charge is 0.416 e. The zero-order valence-electron chi connectivity index (χ0n) is 12.4. The quantitative estimate of drug-likeness (QED) is 0.894. The number of carbonyl (C=O) groups is 1. The second kappa shape index (κ2) is 5.57. The molecule has 2 aliphatic rings. The van der Waals surface area contributed by atoms with E-state index in [1.54, 1.807) is 6.07 Å². The van der Waals surface area contributed by atoms with E-state index in [0.717, 1.165) is 6.54 Å². The molecule has 3 rings (SSSR count). The fourth-order valence-electron chi connectivity index (χ4n) is 3.01. The van der Waals surface area contributed by atoms with Crippen LogP contribution in [0.25, 0.3) is 0 Å². The first-order valence-electron chi connectivity index (χ1n) is 7.62. The van der Waals surface area contributed by atoms with E-state index in [1.807, 2.05) is 6.92 Å². The minimum atomic E-state index is -4.44. The van der Waals surface area contributed by atoms with E-state index in [9.17, 15) is 18.0 Å². The van der Waals surface area contributed by atoms with Crippen molar-refractivity contribution in [1.29, 1.82) is 0 Å². The van der Waals surface area contributed by atoms with Gasteiger partial charge in [-0.15, -0.1) is 0 Å². The molecule has 0 spiro atoms. The Labute approximate surface area is 127 Å². The maximum atomic E-state index is 13.2. The fraction of sp³-hybridized carbons (Fsp3) is 0.562. The summed E-state index contributed by atoms with van der Waals surface area (Å²) in [6.07, 6.45) is -0.849. The lowest BCUT2D eigenvalue weighted by Crippen LogP contribution is -2.29. The molecule has 1 fully saturated rings. The molecule has 1 aliphatic heterocycles. The average molecular weight is 312 g/mol. The molecule has 6 heteroatoms. The second-order valence-corrected chi connectivity index (χ2v) is 6.20. The van der Waals surface area contributed by atoms with Crippen LogP contribution in [-0.2, 0) is 12.7 Å². The second-order valence-electron chi connectivity index (χ2n) is 6.20. The van der Waals surface area contributed by atoms with Gasteiger partial charge < -0.3 is 10.6 Å². The molecule has 22 heavy (non-hydrogen) atoms. The summed E-state index contributed by atoms with van der Waals surface area (Å²) >= 11 is 0. The Bertz CT molecular complexity index is 594. The summed E-state index contributed by atoms with van der Waals surface area (Å²) in [6.45, 7) is 2.60. The van der Waals surface area contributed by atoms with Crippen LogP contribution < -0.4 is 10.6 Å². The molecule has 3 nitrogen and oxygen atoms in total. The number of hydrogen-bond acceptors (Lipinski definition) is 2. The van der Waals surface area contributed by atoms with Crippen LogP contribution >= 0.6 is 0 Å². The summed E-state index contributed by atoms with van der Waals surface area (Å²) in [5.74, 6) is 0.204. The molecule has 2 N–H and O–H groups in total. The summed E-state index contributed by atoms with van der Waals surface area (Å²) in [4.78, 5) is 11.7. The fourth-order valence-corrected chi connectivity index (χ4v) is 3.01. The maximum absolute atomic E-state index is 13.2. The van der Waals surface area contributed by atoms with Crippen LogP contribution in [0.3, 0.4) is 0 Å². The van der Waals surface area contributed by atoms with Gasteiger partial charge in [0.2, 0.25) is 0 Å². The normalized spacial score (nSPS) is 19.5. The molecule has 1 aromatic carbocycles. The molecule has 0 aromatic heterocycles. The van der Waals surface area contributed by atoms with Crippen molar-refractivity contribution in [3.63, 3.8) is 0 Å². The summed E-state index contributed by atoms with van der Waals surface area (Å²) < 4.78 is 39.7. The Morgan fingerprint density at radius 2 is 2.09 bits per heavy atom. The number of amides is 1. The lowest BCUT2D eigenvalue weighted by Gasteiger charge is -2.27. The highest BCUT2D eigenvalue weighted by Gasteiger charge is 2.38. The lowest BCUT2D eigenvalue weighted by atomic mass is 9.85. The van der Waals surface area contributed by atoms with Crippen molar-refractivity contribution in [3.8, 4) is 0 Å². The Morgan fingerprint density at radius 1 is 1.36 bits per heavy atom. The monoisotopic (exact) mass is 312 g/mol. The van der Waals surface area contributed by atoms with E-state index in [-0.39, 0.29) is 23.7 Å². The Hall–Kier alpha value is -1.56. The number of nitrogens with one attached hydrogen (secondary N) is 2. The van der Waals surface area contributed by atoms with Crippen molar-refractivity contribution in [2.24, 2.45) is 5.92 Å². The van der Waals surface area contributed by atoms with Gasteiger partial charge in [-0.25, -0.2) is 0 Å². The lowest BCUT2D eigenvalue weighted by molar-refractivity contribution is -0.138.